The summed E-state index contributed by atoms with van der Waals surface area (Å²) in [5.41, 5.74) is 1.16. The predicted octanol–water partition coefficient (Wildman–Crippen LogP) is 2.64. The van der Waals surface area contributed by atoms with E-state index in [1.54, 1.807) is 6.20 Å². The molecule has 0 aliphatic heterocycles. The van der Waals surface area contributed by atoms with Gasteiger partial charge in [0, 0.05) is 38.6 Å². The van der Waals surface area contributed by atoms with Crippen LogP contribution < -0.4 is 10.2 Å². The topological polar surface area (TPSA) is 53.9 Å². The second-order valence-corrected chi connectivity index (χ2v) is 4.80. The van der Waals surface area contributed by atoms with Gasteiger partial charge in [0.15, 0.2) is 0 Å². The third-order valence-corrected chi connectivity index (χ3v) is 2.91. The summed E-state index contributed by atoms with van der Waals surface area (Å²) >= 11 is 0. The molecular formula is C15H21N5. The van der Waals surface area contributed by atoms with Crippen LogP contribution in [-0.4, -0.2) is 28.5 Å². The Kier molecular flexibility index (Phi) is 4.87. The summed E-state index contributed by atoms with van der Waals surface area (Å²) in [4.78, 5) is 15.1. The van der Waals surface area contributed by atoms with E-state index in [1.165, 1.54) is 0 Å². The van der Waals surface area contributed by atoms with Gasteiger partial charge in [-0.05, 0) is 25.0 Å². The second kappa shape index (κ2) is 6.84. The molecule has 2 aromatic rings. The van der Waals surface area contributed by atoms with Crippen LogP contribution in [0.2, 0.25) is 0 Å². The summed E-state index contributed by atoms with van der Waals surface area (Å²) < 4.78 is 0. The Bertz CT molecular complexity index is 541. The molecule has 2 heterocycles. The third-order valence-electron chi connectivity index (χ3n) is 2.91. The highest BCUT2D eigenvalue weighted by molar-refractivity contribution is 5.49. The number of hydrogen-bond donors (Lipinski definition) is 1. The Morgan fingerprint density at radius 1 is 1.30 bits per heavy atom. The number of aromatic nitrogens is 3. The molecule has 106 valence electrons. The first-order valence-corrected chi connectivity index (χ1v) is 6.88. The van der Waals surface area contributed by atoms with E-state index >= 15 is 0 Å². The molecule has 0 saturated carbocycles. The molecule has 20 heavy (non-hydrogen) atoms. The molecule has 0 radical (unpaired) electrons. The SMILES string of the molecule is CCCNc1cc(N(C)Cc2cccnc2)nc(C)n1. The zero-order valence-corrected chi connectivity index (χ0v) is 12.3. The highest BCUT2D eigenvalue weighted by Crippen LogP contribution is 2.16. The Morgan fingerprint density at radius 3 is 2.85 bits per heavy atom. The summed E-state index contributed by atoms with van der Waals surface area (Å²) in [6.45, 7) is 5.74. The van der Waals surface area contributed by atoms with Crippen LogP contribution in [0.3, 0.4) is 0 Å². The third kappa shape index (κ3) is 3.91. The average Bonchev–Trinajstić information content (AvgIpc) is 2.45. The largest absolute Gasteiger partial charge is 0.370 e. The molecule has 0 amide bonds. The van der Waals surface area contributed by atoms with E-state index in [0.29, 0.717) is 0 Å². The van der Waals surface area contributed by atoms with Gasteiger partial charge in [-0.25, -0.2) is 9.97 Å². The molecule has 1 N–H and O–H groups in total. The molecule has 2 aromatic heterocycles. The van der Waals surface area contributed by atoms with Gasteiger partial charge >= 0.3 is 0 Å². The van der Waals surface area contributed by atoms with Gasteiger partial charge in [-0.2, -0.15) is 0 Å². The van der Waals surface area contributed by atoms with E-state index in [0.717, 1.165) is 42.5 Å². The first-order valence-electron chi connectivity index (χ1n) is 6.88. The minimum absolute atomic E-state index is 0.775. The lowest BCUT2D eigenvalue weighted by atomic mass is 10.2. The lowest BCUT2D eigenvalue weighted by molar-refractivity contribution is 0.871. The van der Waals surface area contributed by atoms with Crippen LogP contribution in [0.5, 0.6) is 0 Å². The first kappa shape index (κ1) is 14.2. The molecule has 0 spiro atoms. The molecular weight excluding hydrogens is 250 g/mol. The van der Waals surface area contributed by atoms with Gasteiger partial charge in [-0.1, -0.05) is 13.0 Å². The van der Waals surface area contributed by atoms with Gasteiger partial charge in [0.05, 0.1) is 0 Å². The minimum atomic E-state index is 0.775. The van der Waals surface area contributed by atoms with Crippen LogP contribution in [0.25, 0.3) is 0 Å². The van der Waals surface area contributed by atoms with E-state index < -0.39 is 0 Å². The summed E-state index contributed by atoms with van der Waals surface area (Å²) in [6, 6.07) is 6.00. The standard InChI is InChI=1S/C15H21N5/c1-4-7-17-14-9-15(19-12(2)18-14)20(3)11-13-6-5-8-16-10-13/h5-6,8-10H,4,7,11H2,1-3H3,(H,17,18,19). The number of hydrogen-bond acceptors (Lipinski definition) is 5. The van der Waals surface area contributed by atoms with Gasteiger partial charge < -0.3 is 10.2 Å². The summed E-state index contributed by atoms with van der Waals surface area (Å²) in [5, 5.41) is 3.30. The molecule has 5 heteroatoms. The van der Waals surface area contributed by atoms with Crippen molar-refractivity contribution in [2.75, 3.05) is 23.8 Å². The van der Waals surface area contributed by atoms with E-state index in [1.807, 2.05) is 32.3 Å². The number of nitrogens with zero attached hydrogens (tertiary/aromatic N) is 4. The Hall–Kier alpha value is -2.17. The first-order chi connectivity index (χ1) is 9.69. The highest BCUT2D eigenvalue weighted by atomic mass is 15.2. The van der Waals surface area contributed by atoms with Crippen LogP contribution >= 0.6 is 0 Å². The van der Waals surface area contributed by atoms with Crippen molar-refractivity contribution in [3.05, 3.63) is 42.0 Å². The van der Waals surface area contributed by atoms with Gasteiger partial charge in [-0.3, -0.25) is 4.98 Å². The molecule has 5 nitrogen and oxygen atoms in total. The predicted molar refractivity (Wildman–Crippen MR) is 81.9 cm³/mol. The van der Waals surface area contributed by atoms with Crippen molar-refractivity contribution in [3.8, 4) is 0 Å². The lowest BCUT2D eigenvalue weighted by Gasteiger charge is -2.19. The van der Waals surface area contributed by atoms with Gasteiger partial charge in [0.25, 0.3) is 0 Å². The molecule has 0 aliphatic carbocycles. The number of nitrogens with one attached hydrogen (secondary N) is 1. The van der Waals surface area contributed by atoms with Crippen LogP contribution in [-0.2, 0) is 6.54 Å². The number of anilines is 2. The second-order valence-electron chi connectivity index (χ2n) is 4.80. The van der Waals surface area contributed by atoms with Crippen LogP contribution in [0.4, 0.5) is 11.6 Å². The molecule has 2 rings (SSSR count). The fraction of sp³-hybridized carbons (Fsp3) is 0.400. The Labute approximate surface area is 120 Å². The van der Waals surface area contributed by atoms with E-state index in [9.17, 15) is 0 Å². The maximum atomic E-state index is 4.49. The average molecular weight is 271 g/mol. The summed E-state index contributed by atoms with van der Waals surface area (Å²) in [7, 11) is 2.03. The van der Waals surface area contributed by atoms with Crippen LogP contribution in [0.15, 0.2) is 30.6 Å². The van der Waals surface area contributed by atoms with Gasteiger partial charge in [0.1, 0.15) is 17.5 Å². The molecule has 0 fully saturated rings. The lowest BCUT2D eigenvalue weighted by Crippen LogP contribution is -2.19. The Morgan fingerprint density at radius 2 is 2.15 bits per heavy atom. The van der Waals surface area contributed by atoms with Crippen molar-refractivity contribution in [1.29, 1.82) is 0 Å². The normalized spacial score (nSPS) is 10.3. The minimum Gasteiger partial charge on any atom is -0.370 e. The van der Waals surface area contributed by atoms with E-state index in [4.69, 9.17) is 0 Å². The monoisotopic (exact) mass is 271 g/mol. The van der Waals surface area contributed by atoms with Crippen molar-refractivity contribution in [3.63, 3.8) is 0 Å². The quantitative estimate of drug-likeness (QED) is 0.875. The zero-order chi connectivity index (χ0) is 14.4. The maximum Gasteiger partial charge on any atom is 0.134 e. The Balaban J connectivity index is 2.12. The van der Waals surface area contributed by atoms with Crippen molar-refractivity contribution in [1.82, 2.24) is 15.0 Å². The molecule has 0 saturated heterocycles. The molecule has 0 atom stereocenters. The molecule has 0 bridgehead atoms. The number of rotatable bonds is 6. The smallest absolute Gasteiger partial charge is 0.134 e. The van der Waals surface area contributed by atoms with E-state index in [2.05, 4.69) is 38.2 Å². The molecule has 0 unspecified atom stereocenters. The van der Waals surface area contributed by atoms with Crippen LogP contribution in [0.1, 0.15) is 24.7 Å². The fourth-order valence-electron chi connectivity index (χ4n) is 1.94. The molecule has 0 aliphatic rings. The molecule has 0 aromatic carbocycles. The fourth-order valence-corrected chi connectivity index (χ4v) is 1.94. The van der Waals surface area contributed by atoms with Crippen LogP contribution in [0, 0.1) is 6.92 Å². The summed E-state index contributed by atoms with van der Waals surface area (Å²) in [5.74, 6) is 2.58. The number of aryl methyl sites for hydroxylation is 1. The van der Waals surface area contributed by atoms with E-state index in [-0.39, 0.29) is 0 Å². The summed E-state index contributed by atoms with van der Waals surface area (Å²) in [6.07, 6.45) is 4.73. The van der Waals surface area contributed by atoms with Gasteiger partial charge in [-0.15, -0.1) is 0 Å². The van der Waals surface area contributed by atoms with Crippen molar-refractivity contribution in [2.45, 2.75) is 26.8 Å². The van der Waals surface area contributed by atoms with Crippen molar-refractivity contribution in [2.24, 2.45) is 0 Å². The van der Waals surface area contributed by atoms with Crippen molar-refractivity contribution >= 4 is 11.6 Å². The van der Waals surface area contributed by atoms with Crippen molar-refractivity contribution < 1.29 is 0 Å². The zero-order valence-electron chi connectivity index (χ0n) is 12.3. The maximum absolute atomic E-state index is 4.49. The number of pyridine rings is 1. The van der Waals surface area contributed by atoms with Gasteiger partial charge in [0.2, 0.25) is 0 Å². The highest BCUT2D eigenvalue weighted by Gasteiger charge is 2.07.